The van der Waals surface area contributed by atoms with E-state index >= 15 is 0 Å². The number of hydrogen-bond donors (Lipinski definition) is 3. The van der Waals surface area contributed by atoms with Crippen LogP contribution in [0.2, 0.25) is 10.0 Å². The fourth-order valence-corrected chi connectivity index (χ4v) is 2.88. The summed E-state index contributed by atoms with van der Waals surface area (Å²) in [6.07, 6.45) is 3.29. The van der Waals surface area contributed by atoms with Crippen molar-refractivity contribution in [2.75, 3.05) is 5.32 Å². The van der Waals surface area contributed by atoms with Crippen LogP contribution in [-0.2, 0) is 4.79 Å². The summed E-state index contributed by atoms with van der Waals surface area (Å²) in [5, 5.41) is 9.29. The zero-order valence-electron chi connectivity index (χ0n) is 14.1. The van der Waals surface area contributed by atoms with Crippen LogP contribution < -0.4 is 16.0 Å². The lowest BCUT2D eigenvalue weighted by Crippen LogP contribution is -2.56. The van der Waals surface area contributed by atoms with E-state index in [1.165, 1.54) is 0 Å². The smallest absolute Gasteiger partial charge is 0.228 e. The normalized spacial score (nSPS) is 12.4. The van der Waals surface area contributed by atoms with Crippen molar-refractivity contribution in [2.24, 2.45) is 0 Å². The Morgan fingerprint density at radius 2 is 1.81 bits per heavy atom. The van der Waals surface area contributed by atoms with Gasteiger partial charge in [-0.05, 0) is 36.8 Å². The fourth-order valence-electron chi connectivity index (χ4n) is 2.02. The van der Waals surface area contributed by atoms with Gasteiger partial charge in [-0.25, -0.2) is 0 Å². The Bertz CT molecular complexity index is 624. The van der Waals surface area contributed by atoms with Gasteiger partial charge < -0.3 is 16.0 Å². The van der Waals surface area contributed by atoms with Gasteiger partial charge in [0.15, 0.2) is 5.11 Å². The number of rotatable bonds is 8. The molecule has 0 aliphatic heterocycles. The SMILES string of the molecule is CCCCCCC(=O)N[C@H](NC(=S)Nc1ccc(Cl)c(Cl)c1)C(Cl)(Cl)Cl. The van der Waals surface area contributed by atoms with E-state index in [9.17, 15) is 4.79 Å². The molecule has 1 amide bonds. The zero-order chi connectivity index (χ0) is 19.7. The lowest BCUT2D eigenvalue weighted by Gasteiger charge is -2.27. The van der Waals surface area contributed by atoms with Gasteiger partial charge in [0.2, 0.25) is 9.70 Å². The van der Waals surface area contributed by atoms with Crippen LogP contribution in [0.1, 0.15) is 39.0 Å². The molecule has 0 spiro atoms. The summed E-state index contributed by atoms with van der Waals surface area (Å²) in [6, 6.07) is 4.92. The van der Waals surface area contributed by atoms with E-state index in [-0.39, 0.29) is 11.0 Å². The van der Waals surface area contributed by atoms with Gasteiger partial charge in [-0.2, -0.15) is 0 Å². The van der Waals surface area contributed by atoms with Gasteiger partial charge in [-0.15, -0.1) is 0 Å². The number of amides is 1. The number of carbonyl (C=O) groups excluding carboxylic acids is 1. The molecule has 0 aliphatic carbocycles. The summed E-state index contributed by atoms with van der Waals surface area (Å²) >= 11 is 34.9. The summed E-state index contributed by atoms with van der Waals surface area (Å²) in [6.45, 7) is 2.10. The molecule has 146 valence electrons. The number of thiocarbonyl (C=S) groups is 1. The van der Waals surface area contributed by atoms with Gasteiger partial charge in [0.05, 0.1) is 10.0 Å². The lowest BCUT2D eigenvalue weighted by molar-refractivity contribution is -0.122. The van der Waals surface area contributed by atoms with Gasteiger partial charge in [-0.1, -0.05) is 84.2 Å². The Kier molecular flexibility index (Phi) is 10.7. The van der Waals surface area contributed by atoms with Crippen LogP contribution in [-0.4, -0.2) is 21.0 Å². The summed E-state index contributed by atoms with van der Waals surface area (Å²) < 4.78 is -1.79. The highest BCUT2D eigenvalue weighted by atomic mass is 35.6. The van der Waals surface area contributed by atoms with Crippen LogP contribution in [0, 0.1) is 0 Å². The number of anilines is 1. The van der Waals surface area contributed by atoms with Gasteiger partial charge in [0, 0.05) is 12.1 Å². The minimum atomic E-state index is -1.79. The van der Waals surface area contributed by atoms with Crippen LogP contribution in [0.4, 0.5) is 5.69 Å². The average molecular weight is 480 g/mol. The number of hydrogen-bond acceptors (Lipinski definition) is 2. The predicted octanol–water partition coefficient (Wildman–Crippen LogP) is 6.06. The molecule has 0 saturated carbocycles. The second-order valence-corrected chi connectivity index (χ2v) is 9.17. The van der Waals surface area contributed by atoms with Gasteiger partial charge >= 0.3 is 0 Å². The summed E-state index contributed by atoms with van der Waals surface area (Å²) in [5.74, 6) is -0.220. The third-order valence-electron chi connectivity index (χ3n) is 3.34. The van der Waals surface area contributed by atoms with Crippen molar-refractivity contribution in [3.8, 4) is 0 Å². The molecule has 1 aromatic carbocycles. The van der Waals surface area contributed by atoms with E-state index in [4.69, 9.17) is 70.2 Å². The lowest BCUT2D eigenvalue weighted by atomic mass is 10.1. The minimum Gasteiger partial charge on any atom is -0.339 e. The van der Waals surface area contributed by atoms with E-state index < -0.39 is 9.96 Å². The van der Waals surface area contributed by atoms with Crippen LogP contribution in [0.3, 0.4) is 0 Å². The number of nitrogens with one attached hydrogen (secondary N) is 3. The highest BCUT2D eigenvalue weighted by molar-refractivity contribution is 7.80. The van der Waals surface area contributed by atoms with E-state index in [0.717, 1.165) is 25.7 Å². The first-order chi connectivity index (χ1) is 12.1. The first-order valence-corrected chi connectivity index (χ1v) is 10.3. The standard InChI is InChI=1S/C16H20Cl5N3OS/c1-2-3-4-5-6-13(25)23-14(16(19,20)21)24-15(26)22-10-7-8-11(17)12(18)9-10/h7-9,14H,2-6H2,1H3,(H,23,25)(H2,22,24,26)/t14-/m1/s1. The predicted molar refractivity (Wildman–Crippen MR) is 117 cm³/mol. The van der Waals surface area contributed by atoms with Crippen molar-refractivity contribution >= 4 is 86.9 Å². The number of carbonyl (C=O) groups is 1. The Hall–Kier alpha value is -0.170. The summed E-state index contributed by atoms with van der Waals surface area (Å²) in [7, 11) is 0. The topological polar surface area (TPSA) is 53.2 Å². The van der Waals surface area contributed by atoms with E-state index in [1.807, 2.05) is 0 Å². The fraction of sp³-hybridized carbons (Fsp3) is 0.500. The molecule has 1 rings (SSSR count). The van der Waals surface area contributed by atoms with Gasteiger partial charge in [-0.3, -0.25) is 4.79 Å². The third-order valence-corrected chi connectivity index (χ3v) is 4.96. The molecule has 26 heavy (non-hydrogen) atoms. The van der Waals surface area contributed by atoms with E-state index in [1.54, 1.807) is 18.2 Å². The maximum atomic E-state index is 12.1. The molecule has 0 bridgehead atoms. The van der Waals surface area contributed by atoms with Crippen molar-refractivity contribution < 1.29 is 4.79 Å². The van der Waals surface area contributed by atoms with Crippen LogP contribution in [0.5, 0.6) is 0 Å². The number of unbranched alkanes of at least 4 members (excludes halogenated alkanes) is 3. The highest BCUT2D eigenvalue weighted by Crippen LogP contribution is 2.29. The molecule has 0 aliphatic rings. The summed E-state index contributed by atoms with van der Waals surface area (Å²) in [5.41, 5.74) is 0.603. The molecule has 0 fully saturated rings. The number of alkyl halides is 3. The summed E-state index contributed by atoms with van der Waals surface area (Å²) in [4.78, 5) is 12.1. The number of halogens is 5. The molecule has 1 aromatic rings. The maximum absolute atomic E-state index is 12.1. The third kappa shape index (κ3) is 9.16. The van der Waals surface area contributed by atoms with Crippen molar-refractivity contribution in [3.63, 3.8) is 0 Å². The zero-order valence-corrected chi connectivity index (χ0v) is 18.6. The van der Waals surface area contributed by atoms with Crippen LogP contribution in [0.15, 0.2) is 18.2 Å². The van der Waals surface area contributed by atoms with Gasteiger partial charge in [0.1, 0.15) is 6.17 Å². The molecule has 0 heterocycles. The van der Waals surface area contributed by atoms with Crippen LogP contribution in [0.25, 0.3) is 0 Å². The molecule has 0 unspecified atom stereocenters. The first kappa shape index (κ1) is 23.9. The largest absolute Gasteiger partial charge is 0.339 e. The first-order valence-electron chi connectivity index (χ1n) is 8.02. The Balaban J connectivity index is 2.61. The second kappa shape index (κ2) is 11.6. The van der Waals surface area contributed by atoms with Gasteiger partial charge in [0.25, 0.3) is 0 Å². The monoisotopic (exact) mass is 477 g/mol. The molecule has 3 N–H and O–H groups in total. The Morgan fingerprint density at radius 1 is 1.12 bits per heavy atom. The molecule has 4 nitrogen and oxygen atoms in total. The second-order valence-electron chi connectivity index (χ2n) is 5.58. The van der Waals surface area contributed by atoms with Crippen molar-refractivity contribution in [2.45, 2.75) is 49.0 Å². The van der Waals surface area contributed by atoms with Crippen LogP contribution >= 0.6 is 70.2 Å². The minimum absolute atomic E-state index is 0.158. The van der Waals surface area contributed by atoms with Crippen molar-refractivity contribution in [1.29, 1.82) is 0 Å². The average Bonchev–Trinajstić information content (AvgIpc) is 2.53. The molecule has 10 heteroatoms. The Labute approximate surface area is 184 Å². The van der Waals surface area contributed by atoms with Crippen molar-refractivity contribution in [3.05, 3.63) is 28.2 Å². The molecule has 0 aromatic heterocycles. The highest BCUT2D eigenvalue weighted by Gasteiger charge is 2.34. The number of benzene rings is 1. The molecular weight excluding hydrogens is 460 g/mol. The molecule has 0 radical (unpaired) electrons. The Morgan fingerprint density at radius 3 is 2.38 bits per heavy atom. The molecular formula is C16H20Cl5N3OS. The van der Waals surface area contributed by atoms with E-state index in [0.29, 0.717) is 22.2 Å². The quantitative estimate of drug-likeness (QED) is 0.184. The molecule has 1 atom stereocenters. The molecule has 0 saturated heterocycles. The maximum Gasteiger partial charge on any atom is 0.228 e. The van der Waals surface area contributed by atoms with E-state index in [2.05, 4.69) is 22.9 Å². The van der Waals surface area contributed by atoms with Crippen molar-refractivity contribution in [1.82, 2.24) is 10.6 Å².